The molecular formula is C12H16OY-2. The van der Waals surface area contributed by atoms with Crippen LogP contribution < -0.4 is 0 Å². The third-order valence-corrected chi connectivity index (χ3v) is 1.77. The van der Waals surface area contributed by atoms with E-state index >= 15 is 0 Å². The monoisotopic (exact) mass is 265 g/mol. The average molecular weight is 265 g/mol. The third kappa shape index (κ3) is 5.67. The Bertz CT molecular complexity index is 244. The maximum absolute atomic E-state index is 11.4. The van der Waals surface area contributed by atoms with Gasteiger partial charge in [-0.1, -0.05) is 19.8 Å². The van der Waals surface area contributed by atoms with Crippen molar-refractivity contribution in [3.63, 3.8) is 0 Å². The quantitative estimate of drug-likeness (QED) is 0.603. The topological polar surface area (TPSA) is 17.1 Å². The normalized spacial score (nSPS) is 8.36. The van der Waals surface area contributed by atoms with Crippen molar-refractivity contribution in [2.75, 3.05) is 0 Å². The van der Waals surface area contributed by atoms with E-state index in [1.54, 1.807) is 6.07 Å². The van der Waals surface area contributed by atoms with Gasteiger partial charge in [-0.3, -0.25) is 0 Å². The number of ketones is 1. The summed E-state index contributed by atoms with van der Waals surface area (Å²) >= 11 is 0. The maximum atomic E-state index is 11.4. The largest absolute Gasteiger partial charge is 0.358 e. The van der Waals surface area contributed by atoms with Gasteiger partial charge < -0.3 is 12.2 Å². The molecule has 0 bridgehead atoms. The zero-order valence-corrected chi connectivity index (χ0v) is 11.8. The van der Waals surface area contributed by atoms with Crippen molar-refractivity contribution >= 4 is 5.78 Å². The first-order chi connectivity index (χ1) is 5.84. The Morgan fingerprint density at radius 3 is 2.64 bits per heavy atom. The molecule has 1 rings (SSSR count). The molecule has 0 aliphatic heterocycles. The van der Waals surface area contributed by atoms with E-state index in [-0.39, 0.29) is 45.9 Å². The van der Waals surface area contributed by atoms with Crippen LogP contribution in [-0.2, 0) is 32.7 Å². The maximum Gasteiger partial charge on any atom is 0.0786 e. The molecule has 1 aromatic rings. The second-order valence-electron chi connectivity index (χ2n) is 2.80. The molecule has 0 saturated carbocycles. The van der Waals surface area contributed by atoms with Crippen molar-refractivity contribution in [1.29, 1.82) is 0 Å². The first-order valence-corrected chi connectivity index (χ1v) is 4.34. The molecule has 0 aliphatic carbocycles. The van der Waals surface area contributed by atoms with Gasteiger partial charge in [0.1, 0.15) is 0 Å². The van der Waals surface area contributed by atoms with E-state index < -0.39 is 0 Å². The second-order valence-corrected chi connectivity index (χ2v) is 2.80. The van der Waals surface area contributed by atoms with Gasteiger partial charge in [0.15, 0.2) is 0 Å². The van der Waals surface area contributed by atoms with Crippen LogP contribution in [0.2, 0.25) is 0 Å². The molecule has 1 nitrogen and oxygen atoms in total. The molecule has 0 aliphatic rings. The summed E-state index contributed by atoms with van der Waals surface area (Å²) in [5.41, 5.74) is 0.714. The Hall–Kier alpha value is -0.00610. The van der Waals surface area contributed by atoms with Crippen LogP contribution in [0.1, 0.15) is 36.5 Å². The number of carbonyl (C=O) groups is 1. The van der Waals surface area contributed by atoms with Gasteiger partial charge in [-0.05, 0) is 6.42 Å². The molecule has 75 valence electrons. The van der Waals surface area contributed by atoms with Crippen LogP contribution >= 0.6 is 0 Å². The minimum absolute atomic E-state index is 0. The Kier molecular flexibility index (Phi) is 11.2. The van der Waals surface area contributed by atoms with Gasteiger partial charge in [0, 0.05) is 32.7 Å². The minimum Gasteiger partial charge on any atom is -0.358 e. The molecule has 0 unspecified atom stereocenters. The number of carbonyl (C=O) groups excluding carboxylic acids is 1. The van der Waals surface area contributed by atoms with Crippen LogP contribution in [-0.4, -0.2) is 5.78 Å². The fourth-order valence-corrected chi connectivity index (χ4v) is 1.04. The van der Waals surface area contributed by atoms with E-state index in [1.807, 2.05) is 18.2 Å². The Morgan fingerprint density at radius 1 is 1.43 bits per heavy atom. The smallest absolute Gasteiger partial charge is 0.0786 e. The van der Waals surface area contributed by atoms with E-state index in [9.17, 15) is 4.79 Å². The van der Waals surface area contributed by atoms with Crippen LogP contribution in [0, 0.1) is 13.5 Å². The van der Waals surface area contributed by atoms with Gasteiger partial charge in [-0.25, -0.2) is 0 Å². The predicted octanol–water partition coefficient (Wildman–Crippen LogP) is 3.31. The van der Waals surface area contributed by atoms with Gasteiger partial charge in [0.05, 0.1) is 5.78 Å². The fourth-order valence-electron chi connectivity index (χ4n) is 1.04. The van der Waals surface area contributed by atoms with Crippen LogP contribution in [0.3, 0.4) is 0 Å². The third-order valence-electron chi connectivity index (χ3n) is 1.77. The number of hydrogen-bond donors (Lipinski definition) is 0. The minimum atomic E-state index is 0. The number of unbranched alkanes of at least 4 members (excludes halogenated alkanes) is 1. The first-order valence-electron chi connectivity index (χ1n) is 4.34. The summed E-state index contributed by atoms with van der Waals surface area (Å²) in [5.74, 6) is 0.206. The molecule has 0 saturated heterocycles. The van der Waals surface area contributed by atoms with E-state index in [2.05, 4.69) is 13.0 Å². The molecule has 2 heteroatoms. The van der Waals surface area contributed by atoms with Crippen molar-refractivity contribution in [2.45, 2.75) is 26.2 Å². The second kappa shape index (κ2) is 9.55. The van der Waals surface area contributed by atoms with Crippen molar-refractivity contribution in [3.8, 4) is 0 Å². The zero-order valence-electron chi connectivity index (χ0n) is 8.92. The van der Waals surface area contributed by atoms with Crippen molar-refractivity contribution in [1.82, 2.24) is 0 Å². The van der Waals surface area contributed by atoms with Crippen LogP contribution in [0.4, 0.5) is 0 Å². The van der Waals surface area contributed by atoms with Gasteiger partial charge in [-0.15, -0.1) is 35.9 Å². The molecule has 0 spiro atoms. The van der Waals surface area contributed by atoms with Crippen molar-refractivity contribution in [3.05, 3.63) is 43.3 Å². The summed E-state index contributed by atoms with van der Waals surface area (Å²) in [7, 11) is 0. The number of rotatable bonds is 4. The summed E-state index contributed by atoms with van der Waals surface area (Å²) in [5, 5.41) is 0. The molecule has 0 atom stereocenters. The molecule has 0 aromatic heterocycles. The van der Waals surface area contributed by atoms with E-state index in [0.29, 0.717) is 12.0 Å². The number of benzene rings is 1. The molecule has 0 amide bonds. The van der Waals surface area contributed by atoms with Gasteiger partial charge in [0.2, 0.25) is 0 Å². The number of Topliss-reactive ketones (excluding diaryl/α,β-unsaturated/α-hetero) is 1. The molecule has 0 fully saturated rings. The van der Waals surface area contributed by atoms with Gasteiger partial charge >= 0.3 is 0 Å². The molecule has 0 N–H and O–H groups in total. The standard InChI is InChI=1S/C11H13O.CH3.Y/c1-2-3-9-11(12)10-7-5-4-6-8-10;;/h4-7H,2-3,9H2,1H3;1H3;/q2*-1;. The molecule has 0 heterocycles. The SMILES string of the molecule is CCCCC(=O)c1[c-]cccc1.[CH3-].[Y]. The molecule has 1 aromatic carbocycles. The Balaban J connectivity index is 0. The summed E-state index contributed by atoms with van der Waals surface area (Å²) in [6.45, 7) is 2.09. The van der Waals surface area contributed by atoms with Crippen LogP contribution in [0.25, 0.3) is 0 Å². The Morgan fingerprint density at radius 2 is 2.14 bits per heavy atom. The fraction of sp³-hybridized carbons (Fsp3) is 0.333. The predicted molar refractivity (Wildman–Crippen MR) is 55.5 cm³/mol. The summed E-state index contributed by atoms with van der Waals surface area (Å²) < 4.78 is 0. The van der Waals surface area contributed by atoms with Gasteiger partial charge in [-0.2, -0.15) is 0 Å². The molecule has 1 radical (unpaired) electrons. The van der Waals surface area contributed by atoms with Crippen molar-refractivity contribution in [2.24, 2.45) is 0 Å². The van der Waals surface area contributed by atoms with E-state index in [4.69, 9.17) is 0 Å². The summed E-state index contributed by atoms with van der Waals surface area (Å²) in [6, 6.07) is 10.3. The van der Waals surface area contributed by atoms with Crippen LogP contribution in [0.5, 0.6) is 0 Å². The zero-order chi connectivity index (χ0) is 8.81. The summed E-state index contributed by atoms with van der Waals surface area (Å²) in [4.78, 5) is 11.4. The van der Waals surface area contributed by atoms with E-state index in [0.717, 1.165) is 12.8 Å². The summed E-state index contributed by atoms with van der Waals surface area (Å²) in [6.07, 6.45) is 2.69. The molecular weight excluding hydrogens is 249 g/mol. The van der Waals surface area contributed by atoms with Crippen molar-refractivity contribution < 1.29 is 37.5 Å². The van der Waals surface area contributed by atoms with Gasteiger partial charge in [0.25, 0.3) is 0 Å². The average Bonchev–Trinajstić information content (AvgIpc) is 2.15. The first kappa shape index (κ1) is 16.4. The number of hydrogen-bond acceptors (Lipinski definition) is 1. The van der Waals surface area contributed by atoms with Crippen LogP contribution in [0.15, 0.2) is 24.3 Å². The van der Waals surface area contributed by atoms with E-state index in [1.165, 1.54) is 0 Å². The molecule has 14 heavy (non-hydrogen) atoms. The Labute approximate surface area is 112 Å².